The summed E-state index contributed by atoms with van der Waals surface area (Å²) in [6.07, 6.45) is 8.98. The third-order valence-corrected chi connectivity index (χ3v) is 4.55. The predicted molar refractivity (Wildman–Crippen MR) is 70.0 cm³/mol. The normalized spacial score (nSPS) is 19.1. The number of ketones is 1. The van der Waals surface area contributed by atoms with Crippen LogP contribution in [0.1, 0.15) is 43.4 Å². The maximum atomic E-state index is 12.1. The van der Waals surface area contributed by atoms with Crippen LogP contribution in [0.25, 0.3) is 0 Å². The average Bonchev–Trinajstić information content (AvgIpc) is 2.83. The molecule has 0 atom stereocenters. The second-order valence-corrected chi connectivity index (χ2v) is 6.10. The topological polar surface area (TPSA) is 56.0 Å². The van der Waals surface area contributed by atoms with Crippen molar-refractivity contribution in [1.82, 2.24) is 4.98 Å². The van der Waals surface area contributed by atoms with Crippen molar-refractivity contribution in [2.75, 3.05) is 6.54 Å². The van der Waals surface area contributed by atoms with Gasteiger partial charge < -0.3 is 5.73 Å². The molecule has 0 spiro atoms. The van der Waals surface area contributed by atoms with Crippen molar-refractivity contribution in [3.05, 3.63) is 16.6 Å². The number of carbonyl (C=O) groups excluding carboxylic acids is 1. The SMILES string of the molecule is NCC1(CC(=O)Cc2cncs2)CCCCC1. The molecule has 0 radical (unpaired) electrons. The monoisotopic (exact) mass is 252 g/mol. The van der Waals surface area contributed by atoms with Crippen LogP contribution in [0.5, 0.6) is 0 Å². The Balaban J connectivity index is 1.91. The number of aromatic nitrogens is 1. The highest BCUT2D eigenvalue weighted by atomic mass is 32.1. The van der Waals surface area contributed by atoms with Gasteiger partial charge in [0.25, 0.3) is 0 Å². The van der Waals surface area contributed by atoms with E-state index in [1.54, 1.807) is 23.0 Å². The average molecular weight is 252 g/mol. The van der Waals surface area contributed by atoms with Gasteiger partial charge in [0, 0.05) is 23.9 Å². The van der Waals surface area contributed by atoms with Crippen molar-refractivity contribution in [3.8, 4) is 0 Å². The Morgan fingerprint density at radius 2 is 2.18 bits per heavy atom. The van der Waals surface area contributed by atoms with Crippen LogP contribution in [-0.4, -0.2) is 17.3 Å². The first kappa shape index (κ1) is 12.7. The first-order chi connectivity index (χ1) is 8.24. The zero-order valence-electron chi connectivity index (χ0n) is 10.2. The highest BCUT2D eigenvalue weighted by Gasteiger charge is 2.32. The van der Waals surface area contributed by atoms with Gasteiger partial charge in [-0.3, -0.25) is 9.78 Å². The summed E-state index contributed by atoms with van der Waals surface area (Å²) in [6.45, 7) is 0.654. The summed E-state index contributed by atoms with van der Waals surface area (Å²) < 4.78 is 0. The maximum Gasteiger partial charge on any atom is 0.138 e. The van der Waals surface area contributed by atoms with Crippen LogP contribution in [0.2, 0.25) is 0 Å². The smallest absolute Gasteiger partial charge is 0.138 e. The van der Waals surface area contributed by atoms with Crippen LogP contribution < -0.4 is 5.73 Å². The largest absolute Gasteiger partial charge is 0.330 e. The zero-order chi connectivity index (χ0) is 12.1. The van der Waals surface area contributed by atoms with Gasteiger partial charge in [0.05, 0.1) is 5.51 Å². The minimum atomic E-state index is 0.0972. The number of hydrogen-bond acceptors (Lipinski definition) is 4. The van der Waals surface area contributed by atoms with Crippen molar-refractivity contribution >= 4 is 17.1 Å². The third kappa shape index (κ3) is 3.36. The fourth-order valence-corrected chi connectivity index (χ4v) is 3.38. The predicted octanol–water partition coefficient (Wildman–Crippen LogP) is 2.55. The van der Waals surface area contributed by atoms with E-state index in [0.29, 0.717) is 25.2 Å². The van der Waals surface area contributed by atoms with E-state index in [0.717, 1.165) is 17.7 Å². The zero-order valence-corrected chi connectivity index (χ0v) is 11.0. The highest BCUT2D eigenvalue weighted by molar-refractivity contribution is 7.09. The lowest BCUT2D eigenvalue weighted by Gasteiger charge is -2.35. The Bertz CT molecular complexity index is 356. The van der Waals surface area contributed by atoms with Crippen LogP contribution in [-0.2, 0) is 11.2 Å². The standard InChI is InChI=1S/C13H20N2OS/c14-9-13(4-2-1-3-5-13)7-11(16)6-12-8-15-10-17-12/h8,10H,1-7,9,14H2. The van der Waals surface area contributed by atoms with E-state index in [-0.39, 0.29) is 5.41 Å². The number of hydrogen-bond donors (Lipinski definition) is 1. The van der Waals surface area contributed by atoms with E-state index in [9.17, 15) is 4.79 Å². The van der Waals surface area contributed by atoms with Crippen molar-refractivity contribution in [2.24, 2.45) is 11.1 Å². The molecule has 1 heterocycles. The second kappa shape index (κ2) is 5.74. The second-order valence-electron chi connectivity index (χ2n) is 5.12. The molecule has 1 aromatic heterocycles. The van der Waals surface area contributed by atoms with Gasteiger partial charge in [0.1, 0.15) is 5.78 Å². The molecule has 0 amide bonds. The van der Waals surface area contributed by atoms with Gasteiger partial charge in [-0.05, 0) is 24.8 Å². The fraction of sp³-hybridized carbons (Fsp3) is 0.692. The molecule has 1 aliphatic rings. The number of rotatable bonds is 5. The molecule has 1 aromatic rings. The van der Waals surface area contributed by atoms with Crippen LogP contribution in [0.4, 0.5) is 0 Å². The van der Waals surface area contributed by atoms with Crippen LogP contribution >= 0.6 is 11.3 Å². The molecule has 0 bridgehead atoms. The highest BCUT2D eigenvalue weighted by Crippen LogP contribution is 2.38. The van der Waals surface area contributed by atoms with Gasteiger partial charge in [-0.15, -0.1) is 11.3 Å². The first-order valence-corrected chi connectivity index (χ1v) is 7.21. The van der Waals surface area contributed by atoms with E-state index in [4.69, 9.17) is 5.73 Å². The summed E-state index contributed by atoms with van der Waals surface area (Å²) in [5, 5.41) is 0. The molecule has 0 aromatic carbocycles. The van der Waals surface area contributed by atoms with E-state index >= 15 is 0 Å². The fourth-order valence-electron chi connectivity index (χ4n) is 2.76. The van der Waals surface area contributed by atoms with E-state index in [2.05, 4.69) is 4.98 Å². The summed E-state index contributed by atoms with van der Waals surface area (Å²) >= 11 is 1.56. The van der Waals surface area contributed by atoms with Crippen LogP contribution in [0, 0.1) is 5.41 Å². The molecule has 2 rings (SSSR count). The van der Waals surface area contributed by atoms with Crippen molar-refractivity contribution in [3.63, 3.8) is 0 Å². The van der Waals surface area contributed by atoms with Crippen molar-refractivity contribution in [1.29, 1.82) is 0 Å². The first-order valence-electron chi connectivity index (χ1n) is 6.33. The Kier molecular flexibility index (Phi) is 4.29. The van der Waals surface area contributed by atoms with Gasteiger partial charge >= 0.3 is 0 Å². The summed E-state index contributed by atoms with van der Waals surface area (Å²) in [6, 6.07) is 0. The molecule has 17 heavy (non-hydrogen) atoms. The van der Waals surface area contributed by atoms with Gasteiger partial charge in [-0.2, -0.15) is 0 Å². The maximum absolute atomic E-state index is 12.1. The molecule has 1 saturated carbocycles. The number of nitrogens with zero attached hydrogens (tertiary/aromatic N) is 1. The van der Waals surface area contributed by atoms with Gasteiger partial charge in [-0.25, -0.2) is 0 Å². The Hall–Kier alpha value is -0.740. The molecule has 2 N–H and O–H groups in total. The quantitative estimate of drug-likeness (QED) is 0.876. The Morgan fingerprint density at radius 1 is 1.41 bits per heavy atom. The Labute approximate surface area is 106 Å². The molecule has 0 saturated heterocycles. The molecular formula is C13H20N2OS. The van der Waals surface area contributed by atoms with Crippen LogP contribution in [0.15, 0.2) is 11.7 Å². The van der Waals surface area contributed by atoms with Crippen molar-refractivity contribution in [2.45, 2.75) is 44.9 Å². The van der Waals surface area contributed by atoms with E-state index < -0.39 is 0 Å². The molecule has 4 heteroatoms. The number of Topliss-reactive ketones (excluding diaryl/α,β-unsaturated/α-hetero) is 1. The van der Waals surface area contributed by atoms with E-state index in [1.807, 2.05) is 0 Å². The van der Waals surface area contributed by atoms with E-state index in [1.165, 1.54) is 19.3 Å². The third-order valence-electron chi connectivity index (χ3n) is 3.77. The summed E-state index contributed by atoms with van der Waals surface area (Å²) in [5.74, 6) is 0.321. The molecule has 3 nitrogen and oxygen atoms in total. The molecule has 0 aliphatic heterocycles. The molecule has 1 fully saturated rings. The Morgan fingerprint density at radius 3 is 2.76 bits per heavy atom. The summed E-state index contributed by atoms with van der Waals surface area (Å²) in [5.41, 5.74) is 7.77. The van der Waals surface area contributed by atoms with Crippen molar-refractivity contribution < 1.29 is 4.79 Å². The number of carbonyl (C=O) groups is 1. The number of thiazole rings is 1. The molecule has 1 aliphatic carbocycles. The van der Waals surface area contributed by atoms with Gasteiger partial charge in [0.15, 0.2) is 0 Å². The summed E-state index contributed by atoms with van der Waals surface area (Å²) in [4.78, 5) is 17.1. The minimum absolute atomic E-state index is 0.0972. The lowest BCUT2D eigenvalue weighted by atomic mass is 9.71. The number of nitrogens with two attached hydrogens (primary N) is 1. The van der Waals surface area contributed by atoms with Gasteiger partial charge in [-0.1, -0.05) is 19.3 Å². The summed E-state index contributed by atoms with van der Waals surface area (Å²) in [7, 11) is 0. The lowest BCUT2D eigenvalue weighted by molar-refractivity contribution is -0.121. The lowest BCUT2D eigenvalue weighted by Crippen LogP contribution is -2.35. The van der Waals surface area contributed by atoms with Gasteiger partial charge in [0.2, 0.25) is 0 Å². The minimum Gasteiger partial charge on any atom is -0.330 e. The molecule has 94 valence electrons. The molecule has 0 unspecified atom stereocenters. The van der Waals surface area contributed by atoms with Crippen LogP contribution in [0.3, 0.4) is 0 Å². The molecular weight excluding hydrogens is 232 g/mol.